The van der Waals surface area contributed by atoms with Crippen LogP contribution in [-0.2, 0) is 4.79 Å². The van der Waals surface area contributed by atoms with Gasteiger partial charge >= 0.3 is 0 Å². The van der Waals surface area contributed by atoms with Crippen LogP contribution in [0.5, 0.6) is 0 Å². The van der Waals surface area contributed by atoms with E-state index >= 15 is 0 Å². The summed E-state index contributed by atoms with van der Waals surface area (Å²) in [7, 11) is 0. The van der Waals surface area contributed by atoms with Gasteiger partial charge in [0.25, 0.3) is 5.69 Å². The molecule has 0 aromatic heterocycles. The molecule has 1 atom stereocenters. The van der Waals surface area contributed by atoms with Crippen molar-refractivity contribution in [2.45, 2.75) is 26.3 Å². The van der Waals surface area contributed by atoms with E-state index in [2.05, 4.69) is 10.2 Å². The second-order valence-corrected chi connectivity index (χ2v) is 7.00. The molecule has 1 N–H and O–H groups in total. The number of anilines is 1. The summed E-state index contributed by atoms with van der Waals surface area (Å²) in [5.41, 5.74) is -1.18. The van der Waals surface area contributed by atoms with Crippen LogP contribution >= 0.6 is 0 Å². The Morgan fingerprint density at radius 1 is 1.04 bits per heavy atom. The molecule has 2 aromatic rings. The summed E-state index contributed by atoms with van der Waals surface area (Å²) in [4.78, 5) is 24.6. The molecule has 1 unspecified atom stereocenters. The number of azo groups is 1. The molecule has 0 bridgehead atoms. The largest absolute Gasteiger partial charge is 0.286 e. The number of nitro benzene ring substituents is 1. The third kappa shape index (κ3) is 2.88. The van der Waals surface area contributed by atoms with Crippen LogP contribution < -0.4 is 4.90 Å². The average Bonchev–Trinajstić information content (AvgIpc) is 2.79. The molecule has 1 amide bonds. The average molecular weight is 365 g/mol. The summed E-state index contributed by atoms with van der Waals surface area (Å²) in [6.45, 7) is 5.18. The highest BCUT2D eigenvalue weighted by Crippen LogP contribution is 2.46. The van der Waals surface area contributed by atoms with Crippen LogP contribution in [0, 0.1) is 20.9 Å². The van der Waals surface area contributed by atoms with Crippen LogP contribution in [0.1, 0.15) is 20.8 Å². The molecule has 1 saturated heterocycles. The summed E-state index contributed by atoms with van der Waals surface area (Å²) in [5.74, 6) is -0.196. The van der Waals surface area contributed by atoms with E-state index in [0.29, 0.717) is 11.4 Å². The lowest BCUT2D eigenvalue weighted by Crippen LogP contribution is -2.42. The molecule has 1 aliphatic rings. The molecule has 0 radical (unpaired) electrons. The number of carbonyl (C=O) groups excluding carboxylic acids is 1. The molecule has 2 aromatic carbocycles. The van der Waals surface area contributed by atoms with E-state index < -0.39 is 15.9 Å². The monoisotopic (exact) mass is 365 g/mol. The van der Waals surface area contributed by atoms with Gasteiger partial charge in [0, 0.05) is 12.1 Å². The number of nitrogens with one attached hydrogen (secondary N) is 1. The lowest BCUT2D eigenvalue weighted by atomic mass is 9.76. The molecule has 1 aliphatic heterocycles. The molecular formula is C19H19N5O3. The molecule has 1 heterocycles. The minimum atomic E-state index is -1.18. The minimum absolute atomic E-state index is 0.0364. The van der Waals surface area contributed by atoms with Gasteiger partial charge in [0.2, 0.25) is 5.91 Å². The van der Waals surface area contributed by atoms with Crippen LogP contribution in [0.3, 0.4) is 0 Å². The molecule has 3 rings (SSSR count). The van der Waals surface area contributed by atoms with E-state index in [4.69, 9.17) is 5.41 Å². The van der Waals surface area contributed by atoms with Crippen molar-refractivity contribution in [1.82, 2.24) is 0 Å². The van der Waals surface area contributed by atoms with Crippen molar-refractivity contribution in [2.75, 3.05) is 4.90 Å². The fourth-order valence-corrected chi connectivity index (χ4v) is 2.90. The highest BCUT2D eigenvalue weighted by molar-refractivity contribution is 6.27. The Hall–Kier alpha value is -3.42. The Bertz CT molecular complexity index is 938. The first kappa shape index (κ1) is 18.4. The number of amides is 1. The summed E-state index contributed by atoms with van der Waals surface area (Å²) in [5, 5.41) is 27.8. The van der Waals surface area contributed by atoms with Crippen LogP contribution in [0.4, 0.5) is 17.1 Å². The van der Waals surface area contributed by atoms with E-state index in [0.717, 1.165) is 0 Å². The Morgan fingerprint density at radius 2 is 1.63 bits per heavy atom. The lowest BCUT2D eigenvalue weighted by Gasteiger charge is -2.28. The van der Waals surface area contributed by atoms with Crippen LogP contribution in [0.25, 0.3) is 0 Å². The van der Waals surface area contributed by atoms with Gasteiger partial charge in [-0.1, -0.05) is 18.2 Å². The van der Waals surface area contributed by atoms with Gasteiger partial charge in [-0.3, -0.25) is 25.2 Å². The zero-order valence-corrected chi connectivity index (χ0v) is 15.2. The van der Waals surface area contributed by atoms with Gasteiger partial charge in [-0.05, 0) is 45.0 Å². The molecule has 0 saturated carbocycles. The number of amidine groups is 1. The Balaban J connectivity index is 1.96. The van der Waals surface area contributed by atoms with Gasteiger partial charge in [0.05, 0.1) is 21.7 Å². The summed E-state index contributed by atoms with van der Waals surface area (Å²) in [6.07, 6.45) is 0. The first-order chi connectivity index (χ1) is 12.7. The van der Waals surface area contributed by atoms with Crippen molar-refractivity contribution in [2.24, 2.45) is 15.6 Å². The van der Waals surface area contributed by atoms with Gasteiger partial charge in [-0.2, -0.15) is 10.2 Å². The number of rotatable bonds is 4. The fourth-order valence-electron chi connectivity index (χ4n) is 2.90. The lowest BCUT2D eigenvalue weighted by molar-refractivity contribution is -0.384. The quantitative estimate of drug-likeness (QED) is 0.489. The normalized spacial score (nSPS) is 21.8. The van der Waals surface area contributed by atoms with Gasteiger partial charge < -0.3 is 0 Å². The topological polar surface area (TPSA) is 112 Å². The maximum absolute atomic E-state index is 13.0. The van der Waals surface area contributed by atoms with Gasteiger partial charge in [-0.25, -0.2) is 0 Å². The van der Waals surface area contributed by atoms with Crippen molar-refractivity contribution >= 4 is 28.8 Å². The molecule has 0 aliphatic carbocycles. The minimum Gasteiger partial charge on any atom is -0.286 e. The smallest absolute Gasteiger partial charge is 0.269 e. The maximum atomic E-state index is 13.0. The molecule has 138 valence electrons. The van der Waals surface area contributed by atoms with Crippen LogP contribution in [0.2, 0.25) is 0 Å². The number of para-hydroxylation sites is 1. The second-order valence-electron chi connectivity index (χ2n) is 7.00. The van der Waals surface area contributed by atoms with Crippen LogP contribution in [0.15, 0.2) is 64.8 Å². The maximum Gasteiger partial charge on any atom is 0.269 e. The Morgan fingerprint density at radius 3 is 2.19 bits per heavy atom. The number of nitro groups is 1. The third-order valence-corrected chi connectivity index (χ3v) is 5.08. The van der Waals surface area contributed by atoms with Crippen molar-refractivity contribution < 1.29 is 9.72 Å². The molecule has 27 heavy (non-hydrogen) atoms. The zero-order valence-electron chi connectivity index (χ0n) is 15.2. The van der Waals surface area contributed by atoms with Crippen molar-refractivity contribution in [1.29, 1.82) is 5.41 Å². The van der Waals surface area contributed by atoms with E-state index in [1.54, 1.807) is 45.0 Å². The Kier molecular flexibility index (Phi) is 4.35. The molecule has 1 fully saturated rings. The van der Waals surface area contributed by atoms with Gasteiger partial charge in [0.1, 0.15) is 5.84 Å². The van der Waals surface area contributed by atoms with Gasteiger partial charge in [-0.15, -0.1) is 0 Å². The zero-order chi connectivity index (χ0) is 19.8. The number of hydrogen-bond acceptors (Lipinski definition) is 6. The number of benzene rings is 2. The SMILES string of the molecule is CC1(C)C(=O)N(c2ccccc2)C(=N)C1(C)N=Nc1ccc([N+](=O)[O-])cc1. The second kappa shape index (κ2) is 6.39. The van der Waals surface area contributed by atoms with E-state index in [1.807, 2.05) is 6.07 Å². The summed E-state index contributed by atoms with van der Waals surface area (Å²) in [6, 6.07) is 14.6. The van der Waals surface area contributed by atoms with E-state index in [-0.39, 0.29) is 17.4 Å². The van der Waals surface area contributed by atoms with Crippen molar-refractivity contribution in [3.05, 3.63) is 64.7 Å². The molecule has 8 heteroatoms. The third-order valence-electron chi connectivity index (χ3n) is 5.08. The van der Waals surface area contributed by atoms with Crippen molar-refractivity contribution in [3.63, 3.8) is 0 Å². The van der Waals surface area contributed by atoms with E-state index in [9.17, 15) is 14.9 Å². The number of carbonyl (C=O) groups is 1. The standard InChI is InChI=1S/C19H19N5O3/c1-18(2)17(25)23(14-7-5-4-6-8-14)16(20)19(18,3)22-21-13-9-11-15(12-10-13)24(26)27/h4-12,20H,1-3H3. The van der Waals surface area contributed by atoms with Gasteiger partial charge in [0.15, 0.2) is 5.54 Å². The number of hydrogen-bond donors (Lipinski definition) is 1. The Labute approximate surface area is 156 Å². The predicted octanol–water partition coefficient (Wildman–Crippen LogP) is 4.49. The summed E-state index contributed by atoms with van der Waals surface area (Å²) < 4.78 is 0. The number of nitrogens with zero attached hydrogens (tertiary/aromatic N) is 4. The molecular weight excluding hydrogens is 346 g/mol. The fraction of sp³-hybridized carbons (Fsp3) is 0.263. The highest BCUT2D eigenvalue weighted by atomic mass is 16.6. The van der Waals surface area contributed by atoms with Crippen molar-refractivity contribution in [3.8, 4) is 0 Å². The first-order valence-electron chi connectivity index (χ1n) is 8.34. The molecule has 0 spiro atoms. The predicted molar refractivity (Wildman–Crippen MR) is 101 cm³/mol. The number of non-ortho nitro benzene ring substituents is 1. The van der Waals surface area contributed by atoms with E-state index in [1.165, 1.54) is 29.2 Å². The summed E-state index contributed by atoms with van der Waals surface area (Å²) >= 11 is 0. The first-order valence-corrected chi connectivity index (χ1v) is 8.34. The molecule has 8 nitrogen and oxygen atoms in total. The highest BCUT2D eigenvalue weighted by Gasteiger charge is 2.61. The van der Waals surface area contributed by atoms with Crippen LogP contribution in [-0.4, -0.2) is 22.2 Å².